The molecule has 0 bridgehead atoms. The van der Waals surface area contributed by atoms with Crippen molar-refractivity contribution in [3.05, 3.63) is 101 Å². The number of alkyl halides is 3. The van der Waals surface area contributed by atoms with Gasteiger partial charge in [-0.1, -0.05) is 41.9 Å². The van der Waals surface area contributed by atoms with E-state index >= 15 is 0 Å². The Morgan fingerprint density at radius 3 is 2.16 bits per heavy atom. The van der Waals surface area contributed by atoms with E-state index in [0.29, 0.717) is 16.8 Å². The lowest BCUT2D eigenvalue weighted by atomic mass is 10.1. The summed E-state index contributed by atoms with van der Waals surface area (Å²) in [5.74, 6) is -0.716. The highest BCUT2D eigenvalue weighted by Gasteiger charge is 2.35. The van der Waals surface area contributed by atoms with Crippen molar-refractivity contribution >= 4 is 29.1 Å². The highest BCUT2D eigenvalue weighted by molar-refractivity contribution is 6.32. The number of carbonyl (C=O) groups is 2. The zero-order valence-electron chi connectivity index (χ0n) is 20.7. The van der Waals surface area contributed by atoms with E-state index in [9.17, 15) is 22.8 Å². The number of hydrogen-bond donors (Lipinski definition) is 2. The fourth-order valence-electron chi connectivity index (χ4n) is 3.68. The third kappa shape index (κ3) is 6.23. The van der Waals surface area contributed by atoms with Gasteiger partial charge >= 0.3 is 6.18 Å². The number of aromatic nitrogens is 2. The molecule has 0 radical (unpaired) electrons. The Kier molecular flexibility index (Phi) is 7.33. The van der Waals surface area contributed by atoms with E-state index in [4.69, 9.17) is 11.6 Å². The fourth-order valence-corrected chi connectivity index (χ4v) is 3.89. The van der Waals surface area contributed by atoms with Gasteiger partial charge in [0.2, 0.25) is 0 Å². The van der Waals surface area contributed by atoms with Crippen molar-refractivity contribution in [1.82, 2.24) is 15.1 Å². The van der Waals surface area contributed by atoms with Crippen LogP contribution in [0.1, 0.15) is 47.2 Å². The second-order valence-electron chi connectivity index (χ2n) is 9.59. The van der Waals surface area contributed by atoms with Crippen LogP contribution in [0.5, 0.6) is 0 Å². The highest BCUT2D eigenvalue weighted by Crippen LogP contribution is 2.34. The minimum Gasteiger partial charge on any atom is -0.347 e. The number of halogens is 4. The average Bonchev–Trinajstić information content (AvgIpc) is 3.29. The van der Waals surface area contributed by atoms with Crippen molar-refractivity contribution in [2.45, 2.75) is 32.5 Å². The van der Waals surface area contributed by atoms with Gasteiger partial charge in [0, 0.05) is 27.9 Å². The predicted octanol–water partition coefficient (Wildman–Crippen LogP) is 6.99. The molecule has 0 spiro atoms. The molecule has 38 heavy (non-hydrogen) atoms. The quantitative estimate of drug-likeness (QED) is 0.286. The number of nitrogens with one attached hydrogen (secondary N) is 2. The van der Waals surface area contributed by atoms with E-state index < -0.39 is 23.3 Å². The van der Waals surface area contributed by atoms with Gasteiger partial charge in [-0.05, 0) is 69.3 Å². The van der Waals surface area contributed by atoms with Crippen LogP contribution in [0, 0.1) is 0 Å². The molecule has 0 aliphatic carbocycles. The molecule has 0 aliphatic rings. The van der Waals surface area contributed by atoms with Gasteiger partial charge in [0.1, 0.15) is 0 Å². The lowest BCUT2D eigenvalue weighted by Gasteiger charge is -2.20. The Hall–Kier alpha value is -4.11. The Morgan fingerprint density at radius 1 is 0.842 bits per heavy atom. The van der Waals surface area contributed by atoms with E-state index in [1.807, 2.05) is 20.8 Å². The first-order chi connectivity index (χ1) is 17.8. The van der Waals surface area contributed by atoms with Crippen LogP contribution in [0.2, 0.25) is 5.02 Å². The van der Waals surface area contributed by atoms with Gasteiger partial charge in [-0.2, -0.15) is 18.3 Å². The zero-order chi connectivity index (χ0) is 27.7. The number of para-hydroxylation sites is 1. The summed E-state index contributed by atoms with van der Waals surface area (Å²) in [5.41, 5.74) is 0.466. The summed E-state index contributed by atoms with van der Waals surface area (Å²) in [6.07, 6.45) is -4.65. The number of amides is 2. The molecular weight excluding hydrogens is 517 g/mol. The molecule has 10 heteroatoms. The maximum atomic E-state index is 13.5. The maximum Gasteiger partial charge on any atom is 0.435 e. The number of carbonyl (C=O) groups excluding carboxylic acids is 2. The van der Waals surface area contributed by atoms with Gasteiger partial charge in [-0.15, -0.1) is 0 Å². The first-order valence-corrected chi connectivity index (χ1v) is 12.0. The molecule has 6 nitrogen and oxygen atoms in total. The predicted molar refractivity (Wildman–Crippen MR) is 141 cm³/mol. The standard InChI is InChI=1S/C28H24ClF3N4O2/c1-27(2,3)34-26(38)19-7-6-8-20(15-19)33-25(37)18-13-11-17(12-14-18)23-16-24(28(30,31)32)35-36(23)22-10-5-4-9-21(22)29/h4-16H,1-3H3,(H,33,37)(H,34,38). The molecule has 0 unspecified atom stereocenters. The van der Waals surface area contributed by atoms with Gasteiger partial charge < -0.3 is 10.6 Å². The number of benzene rings is 3. The Morgan fingerprint density at radius 2 is 1.53 bits per heavy atom. The molecule has 3 aromatic carbocycles. The van der Waals surface area contributed by atoms with Gasteiger partial charge in [-0.25, -0.2) is 4.68 Å². The molecule has 4 aromatic rings. The van der Waals surface area contributed by atoms with Crippen LogP contribution in [-0.4, -0.2) is 27.1 Å². The number of rotatable bonds is 5. The summed E-state index contributed by atoms with van der Waals surface area (Å²) < 4.78 is 41.5. The maximum absolute atomic E-state index is 13.5. The molecule has 196 valence electrons. The Bertz CT molecular complexity index is 1490. The van der Waals surface area contributed by atoms with Crippen molar-refractivity contribution in [2.24, 2.45) is 0 Å². The third-order valence-electron chi connectivity index (χ3n) is 5.39. The van der Waals surface area contributed by atoms with Crippen molar-refractivity contribution < 1.29 is 22.8 Å². The summed E-state index contributed by atoms with van der Waals surface area (Å²) >= 11 is 6.23. The van der Waals surface area contributed by atoms with Crippen LogP contribution < -0.4 is 10.6 Å². The van der Waals surface area contributed by atoms with E-state index in [0.717, 1.165) is 10.7 Å². The second kappa shape index (κ2) is 10.3. The Balaban J connectivity index is 1.59. The summed E-state index contributed by atoms with van der Waals surface area (Å²) in [5, 5.41) is 9.58. The molecule has 0 saturated carbocycles. The van der Waals surface area contributed by atoms with E-state index in [2.05, 4.69) is 15.7 Å². The summed E-state index contributed by atoms with van der Waals surface area (Å²) in [7, 11) is 0. The van der Waals surface area contributed by atoms with Gasteiger partial charge in [0.25, 0.3) is 11.8 Å². The van der Waals surface area contributed by atoms with Gasteiger partial charge in [0.15, 0.2) is 5.69 Å². The molecular formula is C28H24ClF3N4O2. The molecule has 0 atom stereocenters. The lowest BCUT2D eigenvalue weighted by molar-refractivity contribution is -0.141. The monoisotopic (exact) mass is 540 g/mol. The van der Waals surface area contributed by atoms with Crippen LogP contribution in [0.25, 0.3) is 16.9 Å². The van der Waals surface area contributed by atoms with Crippen molar-refractivity contribution in [3.63, 3.8) is 0 Å². The smallest absolute Gasteiger partial charge is 0.347 e. The molecule has 1 aromatic heterocycles. The molecule has 0 saturated heterocycles. The molecule has 2 amide bonds. The van der Waals surface area contributed by atoms with E-state index in [1.54, 1.807) is 48.5 Å². The third-order valence-corrected chi connectivity index (χ3v) is 5.71. The molecule has 4 rings (SSSR count). The van der Waals surface area contributed by atoms with E-state index in [1.165, 1.54) is 24.3 Å². The summed E-state index contributed by atoms with van der Waals surface area (Å²) in [6.45, 7) is 5.60. The highest BCUT2D eigenvalue weighted by atomic mass is 35.5. The van der Waals surface area contributed by atoms with Crippen LogP contribution in [0.4, 0.5) is 18.9 Å². The van der Waals surface area contributed by atoms with Gasteiger partial charge in [0.05, 0.1) is 16.4 Å². The first kappa shape index (κ1) is 26.9. The number of hydrogen-bond acceptors (Lipinski definition) is 3. The Labute approximate surface area is 222 Å². The van der Waals surface area contributed by atoms with Crippen molar-refractivity contribution in [2.75, 3.05) is 5.32 Å². The van der Waals surface area contributed by atoms with Crippen molar-refractivity contribution in [1.29, 1.82) is 0 Å². The summed E-state index contributed by atoms with van der Waals surface area (Å²) in [4.78, 5) is 25.3. The number of anilines is 1. The topological polar surface area (TPSA) is 76.0 Å². The van der Waals surface area contributed by atoms with Crippen LogP contribution in [0.15, 0.2) is 78.9 Å². The molecule has 1 heterocycles. The minimum absolute atomic E-state index is 0.162. The first-order valence-electron chi connectivity index (χ1n) is 11.6. The molecule has 0 aliphatic heterocycles. The second-order valence-corrected chi connectivity index (χ2v) is 10.00. The molecule has 2 N–H and O–H groups in total. The van der Waals surface area contributed by atoms with Crippen LogP contribution in [-0.2, 0) is 6.18 Å². The fraction of sp³-hybridized carbons (Fsp3) is 0.179. The number of nitrogens with zero attached hydrogens (tertiary/aromatic N) is 2. The van der Waals surface area contributed by atoms with Crippen molar-refractivity contribution in [3.8, 4) is 16.9 Å². The van der Waals surface area contributed by atoms with Crippen LogP contribution >= 0.6 is 11.6 Å². The molecule has 0 fully saturated rings. The largest absolute Gasteiger partial charge is 0.435 e. The normalized spacial score (nSPS) is 11.8. The zero-order valence-corrected chi connectivity index (χ0v) is 21.5. The lowest BCUT2D eigenvalue weighted by Crippen LogP contribution is -2.40. The van der Waals surface area contributed by atoms with Crippen LogP contribution in [0.3, 0.4) is 0 Å². The minimum atomic E-state index is -4.65. The van der Waals surface area contributed by atoms with Gasteiger partial charge in [-0.3, -0.25) is 9.59 Å². The summed E-state index contributed by atoms with van der Waals surface area (Å²) in [6, 6.07) is 20.0. The SMILES string of the molecule is CC(C)(C)NC(=O)c1cccc(NC(=O)c2ccc(-c3cc(C(F)(F)F)nn3-c3ccccc3Cl)cc2)c1. The van der Waals surface area contributed by atoms with E-state index in [-0.39, 0.29) is 27.9 Å². The average molecular weight is 541 g/mol.